The molecule has 1 aliphatic heterocycles. The standard InChI is InChI=1S/C16H26N2O3/c1-5-8-13(6-2)17-15(21)18-10-7-9-12(11-18)16(3,4)14(19)20/h1,12-13H,6-11H2,2-4H3,(H,17,21)(H,19,20). The van der Waals surface area contributed by atoms with Crippen LogP contribution in [0.25, 0.3) is 0 Å². The monoisotopic (exact) mass is 294 g/mol. The fourth-order valence-electron chi connectivity index (χ4n) is 2.63. The van der Waals surface area contributed by atoms with Crippen LogP contribution in [0.4, 0.5) is 4.79 Å². The molecule has 2 amide bonds. The molecule has 1 heterocycles. The molecule has 1 saturated heterocycles. The molecule has 0 radical (unpaired) electrons. The summed E-state index contributed by atoms with van der Waals surface area (Å²) >= 11 is 0. The predicted octanol–water partition coefficient (Wildman–Crippen LogP) is 2.32. The van der Waals surface area contributed by atoms with E-state index in [-0.39, 0.29) is 18.0 Å². The van der Waals surface area contributed by atoms with Crippen molar-refractivity contribution in [2.24, 2.45) is 11.3 Å². The number of nitrogens with zero attached hydrogens (tertiary/aromatic N) is 1. The Morgan fingerprint density at radius 1 is 1.52 bits per heavy atom. The molecule has 0 saturated carbocycles. The second kappa shape index (κ2) is 7.35. The van der Waals surface area contributed by atoms with Crippen molar-refractivity contribution >= 4 is 12.0 Å². The van der Waals surface area contributed by atoms with E-state index in [1.165, 1.54) is 0 Å². The molecule has 5 nitrogen and oxygen atoms in total. The Labute approximate surface area is 127 Å². The maximum Gasteiger partial charge on any atom is 0.317 e. The fourth-order valence-corrected chi connectivity index (χ4v) is 2.63. The Balaban J connectivity index is 2.66. The lowest BCUT2D eigenvalue weighted by molar-refractivity contribution is -0.151. The minimum Gasteiger partial charge on any atom is -0.481 e. The molecule has 0 bridgehead atoms. The van der Waals surface area contributed by atoms with Gasteiger partial charge in [0.15, 0.2) is 0 Å². The summed E-state index contributed by atoms with van der Waals surface area (Å²) in [6.07, 6.45) is 8.26. The van der Waals surface area contributed by atoms with E-state index in [9.17, 15) is 14.7 Å². The van der Waals surface area contributed by atoms with Crippen LogP contribution in [-0.2, 0) is 4.79 Å². The van der Waals surface area contributed by atoms with Crippen LogP contribution in [0.15, 0.2) is 0 Å². The van der Waals surface area contributed by atoms with Gasteiger partial charge in [0.2, 0.25) is 0 Å². The van der Waals surface area contributed by atoms with Crippen LogP contribution < -0.4 is 5.32 Å². The molecular weight excluding hydrogens is 268 g/mol. The summed E-state index contributed by atoms with van der Waals surface area (Å²) in [6.45, 7) is 6.60. The van der Waals surface area contributed by atoms with E-state index in [0.717, 1.165) is 19.3 Å². The number of aliphatic carboxylic acids is 1. The van der Waals surface area contributed by atoms with Gasteiger partial charge in [0.25, 0.3) is 0 Å². The summed E-state index contributed by atoms with van der Waals surface area (Å²) in [6, 6.07) is -0.154. The molecule has 2 atom stereocenters. The number of carboxylic acids is 1. The molecule has 2 N–H and O–H groups in total. The third-order valence-corrected chi connectivity index (χ3v) is 4.47. The van der Waals surface area contributed by atoms with E-state index in [0.29, 0.717) is 19.5 Å². The van der Waals surface area contributed by atoms with Crippen molar-refractivity contribution in [1.82, 2.24) is 10.2 Å². The van der Waals surface area contributed by atoms with Crippen molar-refractivity contribution in [3.63, 3.8) is 0 Å². The molecule has 5 heteroatoms. The maximum absolute atomic E-state index is 12.3. The first-order valence-corrected chi connectivity index (χ1v) is 7.55. The lowest BCUT2D eigenvalue weighted by Gasteiger charge is -2.39. The molecule has 21 heavy (non-hydrogen) atoms. The van der Waals surface area contributed by atoms with Gasteiger partial charge in [0.1, 0.15) is 0 Å². The van der Waals surface area contributed by atoms with Gasteiger partial charge < -0.3 is 15.3 Å². The van der Waals surface area contributed by atoms with Crippen molar-refractivity contribution < 1.29 is 14.7 Å². The van der Waals surface area contributed by atoms with Gasteiger partial charge in [0.05, 0.1) is 5.41 Å². The van der Waals surface area contributed by atoms with Crippen LogP contribution in [0.2, 0.25) is 0 Å². The van der Waals surface area contributed by atoms with Gasteiger partial charge >= 0.3 is 12.0 Å². The molecule has 1 rings (SSSR count). The number of piperidine rings is 1. The van der Waals surface area contributed by atoms with Crippen molar-refractivity contribution in [1.29, 1.82) is 0 Å². The molecule has 118 valence electrons. The number of carbonyl (C=O) groups is 2. The van der Waals surface area contributed by atoms with E-state index in [1.54, 1.807) is 18.7 Å². The van der Waals surface area contributed by atoms with Gasteiger partial charge in [-0.2, -0.15) is 0 Å². The second-order valence-corrected chi connectivity index (χ2v) is 6.27. The van der Waals surface area contributed by atoms with Crippen LogP contribution in [0.5, 0.6) is 0 Å². The van der Waals surface area contributed by atoms with Crippen molar-refractivity contribution in [2.45, 2.75) is 52.5 Å². The SMILES string of the molecule is C#CCC(CC)NC(=O)N1CCCC(C(C)(C)C(=O)O)C1. The Bertz CT molecular complexity index is 426. The number of amides is 2. The quantitative estimate of drug-likeness (QED) is 0.765. The molecule has 1 fully saturated rings. The summed E-state index contributed by atoms with van der Waals surface area (Å²) < 4.78 is 0. The third kappa shape index (κ3) is 4.38. The topological polar surface area (TPSA) is 69.6 Å². The second-order valence-electron chi connectivity index (χ2n) is 6.27. The zero-order valence-electron chi connectivity index (χ0n) is 13.2. The lowest BCUT2D eigenvalue weighted by atomic mass is 9.74. The molecule has 2 unspecified atom stereocenters. The van der Waals surface area contributed by atoms with Crippen LogP contribution in [0, 0.1) is 23.7 Å². The van der Waals surface area contributed by atoms with Crippen LogP contribution in [-0.4, -0.2) is 41.1 Å². The summed E-state index contributed by atoms with van der Waals surface area (Å²) in [5, 5.41) is 12.3. The number of hydrogen-bond donors (Lipinski definition) is 2. The number of likely N-dealkylation sites (tertiary alicyclic amines) is 1. The molecule has 1 aliphatic rings. The van der Waals surface area contributed by atoms with E-state index >= 15 is 0 Å². The van der Waals surface area contributed by atoms with E-state index in [4.69, 9.17) is 6.42 Å². The Kier molecular flexibility index (Phi) is 6.07. The average molecular weight is 294 g/mol. The smallest absolute Gasteiger partial charge is 0.317 e. The highest BCUT2D eigenvalue weighted by molar-refractivity contribution is 5.76. The summed E-state index contributed by atoms with van der Waals surface area (Å²) in [5.74, 6) is 1.73. The number of carbonyl (C=O) groups excluding carboxylic acids is 1. The summed E-state index contributed by atoms with van der Waals surface area (Å²) in [7, 11) is 0. The number of terminal acetylenes is 1. The Morgan fingerprint density at radius 3 is 2.71 bits per heavy atom. The summed E-state index contributed by atoms with van der Waals surface area (Å²) in [5.41, 5.74) is -0.818. The largest absolute Gasteiger partial charge is 0.481 e. The van der Waals surface area contributed by atoms with Gasteiger partial charge in [-0.1, -0.05) is 6.92 Å². The minimum atomic E-state index is -0.818. The molecule has 0 aromatic heterocycles. The van der Waals surface area contributed by atoms with Crippen LogP contribution >= 0.6 is 0 Å². The predicted molar refractivity (Wildman–Crippen MR) is 81.8 cm³/mol. The first-order chi connectivity index (χ1) is 9.82. The number of rotatable bonds is 5. The molecule has 0 spiro atoms. The number of carboxylic acid groups (broad SMARTS) is 1. The van der Waals surface area contributed by atoms with E-state index < -0.39 is 11.4 Å². The first kappa shape index (κ1) is 17.4. The highest BCUT2D eigenvalue weighted by Crippen LogP contribution is 2.34. The average Bonchev–Trinajstić information content (AvgIpc) is 2.46. The normalized spacial score (nSPS) is 20.5. The minimum absolute atomic E-state index is 0.0182. The van der Waals surface area contributed by atoms with Crippen LogP contribution in [0.3, 0.4) is 0 Å². The first-order valence-electron chi connectivity index (χ1n) is 7.55. The number of urea groups is 1. The molecular formula is C16H26N2O3. The van der Waals surface area contributed by atoms with Crippen molar-refractivity contribution in [2.75, 3.05) is 13.1 Å². The maximum atomic E-state index is 12.3. The fraction of sp³-hybridized carbons (Fsp3) is 0.750. The van der Waals surface area contributed by atoms with Gasteiger partial charge in [-0.15, -0.1) is 12.3 Å². The zero-order valence-corrected chi connectivity index (χ0v) is 13.2. The summed E-state index contributed by atoms with van der Waals surface area (Å²) in [4.78, 5) is 25.4. The van der Waals surface area contributed by atoms with Gasteiger partial charge in [0, 0.05) is 25.6 Å². The van der Waals surface area contributed by atoms with Gasteiger partial charge in [-0.25, -0.2) is 4.79 Å². The number of nitrogens with one attached hydrogen (secondary N) is 1. The Hall–Kier alpha value is -1.70. The molecule has 0 aromatic carbocycles. The molecule has 0 aromatic rings. The van der Waals surface area contributed by atoms with Crippen molar-refractivity contribution in [3.05, 3.63) is 0 Å². The third-order valence-electron chi connectivity index (χ3n) is 4.47. The van der Waals surface area contributed by atoms with Crippen LogP contribution in [0.1, 0.15) is 46.5 Å². The Morgan fingerprint density at radius 2 is 2.19 bits per heavy atom. The number of hydrogen-bond acceptors (Lipinski definition) is 2. The lowest BCUT2D eigenvalue weighted by Crippen LogP contribution is -2.51. The molecule has 0 aliphatic carbocycles. The van der Waals surface area contributed by atoms with Crippen molar-refractivity contribution in [3.8, 4) is 12.3 Å². The van der Waals surface area contributed by atoms with Gasteiger partial charge in [-0.3, -0.25) is 4.79 Å². The van der Waals surface area contributed by atoms with Gasteiger partial charge in [-0.05, 0) is 39.0 Å². The highest BCUT2D eigenvalue weighted by Gasteiger charge is 2.40. The van der Waals surface area contributed by atoms with E-state index in [1.807, 2.05) is 6.92 Å². The van der Waals surface area contributed by atoms with E-state index in [2.05, 4.69) is 11.2 Å². The highest BCUT2D eigenvalue weighted by atomic mass is 16.4. The zero-order chi connectivity index (χ0) is 16.0.